The Bertz CT molecular complexity index is 584. The average Bonchev–Trinajstić information content (AvgIpc) is 2.97. The van der Waals surface area contributed by atoms with Crippen LogP contribution in [-0.4, -0.2) is 41.4 Å². The van der Waals surface area contributed by atoms with Crippen LogP contribution in [0.25, 0.3) is 11.5 Å². The second-order valence-electron chi connectivity index (χ2n) is 4.99. The van der Waals surface area contributed by atoms with Crippen LogP contribution in [0.2, 0.25) is 0 Å². The quantitative estimate of drug-likeness (QED) is 0.915. The van der Waals surface area contributed by atoms with E-state index in [0.717, 1.165) is 24.3 Å². The summed E-state index contributed by atoms with van der Waals surface area (Å²) in [6.07, 6.45) is 2.68. The molecule has 106 valence electrons. The summed E-state index contributed by atoms with van der Waals surface area (Å²) in [7, 11) is 1.95. The molecule has 6 heteroatoms. The van der Waals surface area contributed by atoms with Gasteiger partial charge in [0.15, 0.2) is 0 Å². The highest BCUT2D eigenvalue weighted by Crippen LogP contribution is 2.26. The van der Waals surface area contributed by atoms with Gasteiger partial charge in [0.1, 0.15) is 5.69 Å². The Hall–Kier alpha value is -1.79. The van der Waals surface area contributed by atoms with Crippen molar-refractivity contribution in [2.45, 2.75) is 25.3 Å². The van der Waals surface area contributed by atoms with Gasteiger partial charge in [-0.25, -0.2) is 0 Å². The van der Waals surface area contributed by atoms with Crippen molar-refractivity contribution in [3.8, 4) is 11.5 Å². The van der Waals surface area contributed by atoms with Crippen LogP contribution >= 0.6 is 0 Å². The van der Waals surface area contributed by atoms with Crippen molar-refractivity contribution in [1.29, 1.82) is 0 Å². The molecule has 2 aromatic heterocycles. The van der Waals surface area contributed by atoms with Crippen molar-refractivity contribution in [3.05, 3.63) is 29.8 Å². The zero-order valence-electron chi connectivity index (χ0n) is 11.7. The molecule has 1 N–H and O–H groups in total. The third-order valence-corrected chi connectivity index (χ3v) is 3.71. The molecule has 1 fully saturated rings. The lowest BCUT2D eigenvalue weighted by Gasteiger charge is -2.28. The van der Waals surface area contributed by atoms with Crippen molar-refractivity contribution in [2.75, 3.05) is 20.3 Å². The first-order valence-corrected chi connectivity index (χ1v) is 6.80. The first-order valence-electron chi connectivity index (χ1n) is 6.80. The number of pyridine rings is 1. The van der Waals surface area contributed by atoms with Gasteiger partial charge in [0, 0.05) is 18.8 Å². The Morgan fingerprint density at radius 2 is 2.30 bits per heavy atom. The monoisotopic (exact) mass is 274 g/mol. The van der Waals surface area contributed by atoms with E-state index in [1.807, 2.05) is 26.1 Å². The highest BCUT2D eigenvalue weighted by molar-refractivity contribution is 5.53. The van der Waals surface area contributed by atoms with Crippen LogP contribution in [0, 0.1) is 6.92 Å². The van der Waals surface area contributed by atoms with Crippen LogP contribution in [0.5, 0.6) is 0 Å². The minimum atomic E-state index is 0.0963. The van der Waals surface area contributed by atoms with Gasteiger partial charge >= 0.3 is 0 Å². The fraction of sp³-hybridized carbons (Fsp3) is 0.500. The molecule has 0 aliphatic carbocycles. The van der Waals surface area contributed by atoms with Crippen molar-refractivity contribution >= 4 is 0 Å². The number of nitrogens with zero attached hydrogens (tertiary/aromatic N) is 3. The normalized spacial score (nSPS) is 22.9. The van der Waals surface area contributed by atoms with E-state index in [4.69, 9.17) is 9.26 Å². The average molecular weight is 274 g/mol. The lowest BCUT2D eigenvalue weighted by atomic mass is 9.96. The minimum absolute atomic E-state index is 0.0963. The molecule has 20 heavy (non-hydrogen) atoms. The van der Waals surface area contributed by atoms with Crippen molar-refractivity contribution < 1.29 is 9.26 Å². The molecular weight excluding hydrogens is 256 g/mol. The zero-order valence-corrected chi connectivity index (χ0v) is 11.7. The smallest absolute Gasteiger partial charge is 0.234 e. The Morgan fingerprint density at radius 3 is 3.10 bits per heavy atom. The summed E-state index contributed by atoms with van der Waals surface area (Å²) in [6, 6.07) is 4.19. The molecule has 2 aromatic rings. The van der Waals surface area contributed by atoms with Crippen LogP contribution in [0.3, 0.4) is 0 Å². The number of aromatic nitrogens is 3. The third kappa shape index (κ3) is 2.44. The molecule has 2 unspecified atom stereocenters. The molecule has 1 saturated heterocycles. The van der Waals surface area contributed by atoms with Gasteiger partial charge in [-0.2, -0.15) is 4.98 Å². The number of likely N-dealkylation sites (N-methyl/N-ethyl adjacent to an activating group) is 1. The third-order valence-electron chi connectivity index (χ3n) is 3.71. The van der Waals surface area contributed by atoms with Crippen LogP contribution < -0.4 is 5.32 Å². The predicted molar refractivity (Wildman–Crippen MR) is 73.3 cm³/mol. The molecule has 0 bridgehead atoms. The molecule has 2 atom stereocenters. The summed E-state index contributed by atoms with van der Waals surface area (Å²) >= 11 is 0. The minimum Gasteiger partial charge on any atom is -0.381 e. The maximum absolute atomic E-state index is 5.52. The molecule has 1 aliphatic heterocycles. The molecule has 3 heterocycles. The van der Waals surface area contributed by atoms with Gasteiger partial charge < -0.3 is 14.6 Å². The van der Waals surface area contributed by atoms with Gasteiger partial charge in [-0.15, -0.1) is 0 Å². The van der Waals surface area contributed by atoms with E-state index in [-0.39, 0.29) is 5.92 Å². The SMILES string of the molecule is CNC1CCOCC1c1nc(-c2ncccc2C)no1. The summed E-state index contributed by atoms with van der Waals surface area (Å²) in [4.78, 5) is 8.82. The van der Waals surface area contributed by atoms with Crippen LogP contribution in [0.1, 0.15) is 23.8 Å². The second kappa shape index (κ2) is 5.68. The largest absolute Gasteiger partial charge is 0.381 e. The number of hydrogen-bond donors (Lipinski definition) is 1. The van der Waals surface area contributed by atoms with Gasteiger partial charge in [-0.05, 0) is 32.0 Å². The number of rotatable bonds is 3. The van der Waals surface area contributed by atoms with Gasteiger partial charge in [-0.3, -0.25) is 4.98 Å². The summed E-state index contributed by atoms with van der Waals surface area (Å²) in [5.74, 6) is 1.25. The van der Waals surface area contributed by atoms with E-state index in [0.29, 0.717) is 24.4 Å². The van der Waals surface area contributed by atoms with E-state index < -0.39 is 0 Å². The van der Waals surface area contributed by atoms with Gasteiger partial charge in [-0.1, -0.05) is 11.2 Å². The fourth-order valence-corrected chi connectivity index (χ4v) is 2.53. The Labute approximate surface area is 117 Å². The molecule has 3 rings (SSSR count). The first kappa shape index (κ1) is 13.2. The molecule has 0 amide bonds. The number of aryl methyl sites for hydroxylation is 1. The first-order chi connectivity index (χ1) is 9.79. The molecule has 6 nitrogen and oxygen atoms in total. The lowest BCUT2D eigenvalue weighted by Crippen LogP contribution is -2.39. The van der Waals surface area contributed by atoms with Crippen molar-refractivity contribution in [1.82, 2.24) is 20.4 Å². The van der Waals surface area contributed by atoms with Gasteiger partial charge in [0.05, 0.1) is 12.5 Å². The standard InChI is InChI=1S/C14H18N4O2/c1-9-4-3-6-16-12(9)13-17-14(20-18-13)10-8-19-7-5-11(10)15-2/h3-4,6,10-11,15H,5,7-8H2,1-2H3. The van der Waals surface area contributed by atoms with Gasteiger partial charge in [0.25, 0.3) is 0 Å². The van der Waals surface area contributed by atoms with E-state index in [2.05, 4.69) is 20.4 Å². The van der Waals surface area contributed by atoms with E-state index in [1.54, 1.807) is 6.20 Å². The predicted octanol–water partition coefficient (Wildman–Crippen LogP) is 1.53. The van der Waals surface area contributed by atoms with Crippen LogP contribution in [0.15, 0.2) is 22.9 Å². The Balaban J connectivity index is 1.88. The topological polar surface area (TPSA) is 73.1 Å². The summed E-state index contributed by atoms with van der Waals surface area (Å²) in [5.41, 5.74) is 1.80. The highest BCUT2D eigenvalue weighted by Gasteiger charge is 2.31. The lowest BCUT2D eigenvalue weighted by molar-refractivity contribution is 0.0516. The summed E-state index contributed by atoms with van der Waals surface area (Å²) in [5, 5.41) is 7.35. The molecule has 0 radical (unpaired) electrons. The molecule has 0 saturated carbocycles. The molecule has 0 aromatic carbocycles. The van der Waals surface area contributed by atoms with Crippen LogP contribution in [0.4, 0.5) is 0 Å². The molecular formula is C14H18N4O2. The maximum atomic E-state index is 5.52. The van der Waals surface area contributed by atoms with E-state index in [1.165, 1.54) is 0 Å². The van der Waals surface area contributed by atoms with E-state index in [9.17, 15) is 0 Å². The van der Waals surface area contributed by atoms with Gasteiger partial charge in [0.2, 0.25) is 11.7 Å². The maximum Gasteiger partial charge on any atom is 0.234 e. The Morgan fingerprint density at radius 1 is 1.40 bits per heavy atom. The van der Waals surface area contributed by atoms with Crippen molar-refractivity contribution in [3.63, 3.8) is 0 Å². The van der Waals surface area contributed by atoms with E-state index >= 15 is 0 Å². The highest BCUT2D eigenvalue weighted by atomic mass is 16.5. The number of ether oxygens (including phenoxy) is 1. The zero-order chi connectivity index (χ0) is 13.9. The fourth-order valence-electron chi connectivity index (χ4n) is 2.53. The Kier molecular flexibility index (Phi) is 3.75. The second-order valence-corrected chi connectivity index (χ2v) is 4.99. The molecule has 0 spiro atoms. The summed E-state index contributed by atoms with van der Waals surface area (Å²) < 4.78 is 10.9. The van der Waals surface area contributed by atoms with Crippen molar-refractivity contribution in [2.24, 2.45) is 0 Å². The van der Waals surface area contributed by atoms with Crippen LogP contribution in [-0.2, 0) is 4.74 Å². The number of hydrogen-bond acceptors (Lipinski definition) is 6. The molecule has 1 aliphatic rings. The number of nitrogens with one attached hydrogen (secondary N) is 1. The summed E-state index contributed by atoms with van der Waals surface area (Å²) in [6.45, 7) is 3.36.